The van der Waals surface area contributed by atoms with Gasteiger partial charge in [-0.05, 0) is 34.6 Å². The minimum atomic E-state index is -2.90. The van der Waals surface area contributed by atoms with Gasteiger partial charge in [-0.25, -0.2) is 18.4 Å². The van der Waals surface area contributed by atoms with Crippen LogP contribution in [0.25, 0.3) is 11.1 Å². The van der Waals surface area contributed by atoms with Crippen molar-refractivity contribution in [2.75, 3.05) is 6.61 Å². The van der Waals surface area contributed by atoms with Gasteiger partial charge in [0.1, 0.15) is 18.7 Å². The lowest BCUT2D eigenvalue weighted by atomic mass is 9.98. The van der Waals surface area contributed by atoms with Crippen molar-refractivity contribution in [3.8, 4) is 11.1 Å². The monoisotopic (exact) mass is 474 g/mol. The van der Waals surface area contributed by atoms with E-state index in [2.05, 4.69) is 10.6 Å². The molecule has 3 N–H and O–H groups in total. The van der Waals surface area contributed by atoms with Gasteiger partial charge >= 0.3 is 12.1 Å². The largest absolute Gasteiger partial charge is 0.480 e. The Morgan fingerprint density at radius 2 is 1.47 bits per heavy atom. The van der Waals surface area contributed by atoms with E-state index in [9.17, 15) is 23.2 Å². The van der Waals surface area contributed by atoms with Crippen molar-refractivity contribution in [3.63, 3.8) is 0 Å². The number of alkyl halides is 2. The fourth-order valence-electron chi connectivity index (χ4n) is 4.16. The number of rotatable bonds is 10. The molecule has 2 amide bonds. The van der Waals surface area contributed by atoms with Gasteiger partial charge in [-0.1, -0.05) is 62.4 Å². The fourth-order valence-corrected chi connectivity index (χ4v) is 4.16. The molecule has 0 aliphatic heterocycles. The van der Waals surface area contributed by atoms with E-state index in [-0.39, 0.29) is 24.9 Å². The van der Waals surface area contributed by atoms with Gasteiger partial charge < -0.3 is 20.5 Å². The molecule has 1 aliphatic rings. The molecule has 3 rings (SSSR count). The molecule has 0 aromatic heterocycles. The Morgan fingerprint density at radius 3 is 1.97 bits per heavy atom. The summed E-state index contributed by atoms with van der Waals surface area (Å²) in [7, 11) is 0. The van der Waals surface area contributed by atoms with Crippen LogP contribution in [0.2, 0.25) is 0 Å². The number of aliphatic carboxylic acids is 1. The summed E-state index contributed by atoms with van der Waals surface area (Å²) in [6, 6.07) is 12.8. The van der Waals surface area contributed by atoms with Gasteiger partial charge in [0.2, 0.25) is 12.3 Å². The van der Waals surface area contributed by atoms with E-state index in [1.165, 1.54) is 0 Å². The number of carboxylic acids is 1. The normalized spacial score (nSPS) is 14.3. The first kappa shape index (κ1) is 25.1. The lowest BCUT2D eigenvalue weighted by Gasteiger charge is -2.23. The highest BCUT2D eigenvalue weighted by Crippen LogP contribution is 2.44. The summed E-state index contributed by atoms with van der Waals surface area (Å²) < 4.78 is 30.8. The maximum atomic E-state index is 12.7. The quantitative estimate of drug-likeness (QED) is 0.480. The third-order valence-electron chi connectivity index (χ3n) is 5.69. The number of carbonyl (C=O) groups excluding carboxylic acids is 2. The van der Waals surface area contributed by atoms with Crippen LogP contribution in [0.15, 0.2) is 48.5 Å². The molecule has 1 unspecified atom stereocenters. The topological polar surface area (TPSA) is 105 Å². The van der Waals surface area contributed by atoms with Crippen LogP contribution in [0, 0.1) is 5.92 Å². The van der Waals surface area contributed by atoms with Gasteiger partial charge in [0.15, 0.2) is 0 Å². The third-order valence-corrected chi connectivity index (χ3v) is 5.69. The first-order chi connectivity index (χ1) is 16.2. The molecule has 0 fully saturated rings. The number of alkyl carbamates (subject to hydrolysis) is 1. The molecule has 182 valence electrons. The van der Waals surface area contributed by atoms with Crippen molar-refractivity contribution in [1.29, 1.82) is 0 Å². The molecular weight excluding hydrogens is 446 g/mol. The summed E-state index contributed by atoms with van der Waals surface area (Å²) in [6.07, 6.45) is -4.60. The number of carbonyl (C=O) groups is 3. The molecule has 34 heavy (non-hydrogen) atoms. The van der Waals surface area contributed by atoms with Crippen LogP contribution < -0.4 is 10.6 Å². The van der Waals surface area contributed by atoms with Gasteiger partial charge in [-0.15, -0.1) is 0 Å². The van der Waals surface area contributed by atoms with Crippen LogP contribution in [-0.4, -0.2) is 48.2 Å². The summed E-state index contributed by atoms with van der Waals surface area (Å²) in [5.41, 5.74) is 4.21. The predicted octanol–water partition coefficient (Wildman–Crippen LogP) is 4.16. The number of ether oxygens (including phenoxy) is 1. The van der Waals surface area contributed by atoms with Crippen molar-refractivity contribution in [3.05, 3.63) is 59.7 Å². The van der Waals surface area contributed by atoms with E-state index in [4.69, 9.17) is 9.84 Å². The van der Waals surface area contributed by atoms with Crippen molar-refractivity contribution in [1.82, 2.24) is 10.6 Å². The average Bonchev–Trinajstić information content (AvgIpc) is 3.10. The van der Waals surface area contributed by atoms with Crippen LogP contribution >= 0.6 is 0 Å². The molecule has 7 nitrogen and oxygen atoms in total. The van der Waals surface area contributed by atoms with E-state index >= 15 is 0 Å². The number of amides is 2. The Hall–Kier alpha value is -3.49. The Kier molecular flexibility index (Phi) is 8.20. The Bertz CT molecular complexity index is 998. The van der Waals surface area contributed by atoms with Crippen molar-refractivity contribution >= 4 is 18.0 Å². The molecule has 2 atom stereocenters. The zero-order valence-electron chi connectivity index (χ0n) is 19.0. The highest BCUT2D eigenvalue weighted by molar-refractivity contribution is 5.89. The number of hydrogen-bond donors (Lipinski definition) is 3. The van der Waals surface area contributed by atoms with E-state index in [1.54, 1.807) is 0 Å². The van der Waals surface area contributed by atoms with E-state index in [0.29, 0.717) is 0 Å². The minimum absolute atomic E-state index is 0.0389. The van der Waals surface area contributed by atoms with Crippen molar-refractivity contribution < 1.29 is 33.0 Å². The summed E-state index contributed by atoms with van der Waals surface area (Å²) >= 11 is 0. The number of benzene rings is 2. The smallest absolute Gasteiger partial charge is 0.407 e. The highest BCUT2D eigenvalue weighted by atomic mass is 19.3. The average molecular weight is 475 g/mol. The van der Waals surface area contributed by atoms with Gasteiger partial charge in [0.25, 0.3) is 0 Å². The molecule has 0 spiro atoms. The Morgan fingerprint density at radius 1 is 0.912 bits per heavy atom. The van der Waals surface area contributed by atoms with Crippen molar-refractivity contribution in [2.45, 2.75) is 51.1 Å². The standard InChI is InChI=1S/C25H28F2N2O5/c1-14(2)11-20(23(30)28-21(24(31)32)12-22(26)27)29-25(33)34-13-19-17-9-5-3-7-15(17)16-8-4-6-10-18(16)19/h3-10,14,19-22H,11-13H2,1-2H3,(H,28,30)(H,29,33)(H,31,32)/t20-,21?/m0/s1. The first-order valence-electron chi connectivity index (χ1n) is 11.1. The molecule has 0 radical (unpaired) electrons. The van der Waals surface area contributed by atoms with Crippen molar-refractivity contribution in [2.24, 2.45) is 5.92 Å². The molecule has 2 aromatic carbocycles. The first-order valence-corrected chi connectivity index (χ1v) is 11.1. The van der Waals surface area contributed by atoms with Crippen LogP contribution in [0.5, 0.6) is 0 Å². The molecule has 2 aromatic rings. The molecule has 0 saturated heterocycles. The zero-order valence-corrected chi connectivity index (χ0v) is 19.0. The maximum absolute atomic E-state index is 12.7. The Labute approximate surface area is 196 Å². The van der Waals surface area contributed by atoms with E-state index < -0.39 is 42.9 Å². The molecule has 1 aliphatic carbocycles. The highest BCUT2D eigenvalue weighted by Gasteiger charge is 2.31. The second-order valence-corrected chi connectivity index (χ2v) is 8.68. The van der Waals surface area contributed by atoms with E-state index in [0.717, 1.165) is 22.3 Å². The number of carboxylic acid groups (broad SMARTS) is 1. The Balaban J connectivity index is 1.66. The van der Waals surface area contributed by atoms with Gasteiger partial charge in [0, 0.05) is 12.3 Å². The summed E-state index contributed by atoms with van der Waals surface area (Å²) in [5, 5.41) is 13.7. The minimum Gasteiger partial charge on any atom is -0.480 e. The lowest BCUT2D eigenvalue weighted by molar-refractivity contribution is -0.143. The number of nitrogens with one attached hydrogen (secondary N) is 2. The number of halogens is 2. The molecule has 0 bridgehead atoms. The second kappa shape index (κ2) is 11.1. The predicted molar refractivity (Wildman–Crippen MR) is 122 cm³/mol. The number of fused-ring (bicyclic) bond motifs is 3. The fraction of sp³-hybridized carbons (Fsp3) is 0.400. The van der Waals surface area contributed by atoms with Gasteiger partial charge in [0.05, 0.1) is 0 Å². The van der Waals surface area contributed by atoms with Crippen LogP contribution in [0.1, 0.15) is 43.7 Å². The molecule has 0 saturated carbocycles. The second-order valence-electron chi connectivity index (χ2n) is 8.68. The molecule has 0 heterocycles. The third kappa shape index (κ3) is 6.09. The van der Waals surface area contributed by atoms with Gasteiger partial charge in [-0.3, -0.25) is 4.79 Å². The van der Waals surface area contributed by atoms with Gasteiger partial charge in [-0.2, -0.15) is 0 Å². The summed E-state index contributed by atoms with van der Waals surface area (Å²) in [4.78, 5) is 36.4. The molecule has 9 heteroatoms. The number of hydrogen-bond acceptors (Lipinski definition) is 4. The van der Waals surface area contributed by atoms with Crippen LogP contribution in [0.4, 0.5) is 13.6 Å². The van der Waals surface area contributed by atoms with E-state index in [1.807, 2.05) is 62.4 Å². The SMILES string of the molecule is CC(C)C[C@H](NC(=O)OCC1c2ccccc2-c2ccccc21)C(=O)NC(CC(F)F)C(=O)O. The van der Waals surface area contributed by atoms with Crippen LogP contribution in [0.3, 0.4) is 0 Å². The summed E-state index contributed by atoms with van der Waals surface area (Å²) in [5.74, 6) is -2.63. The lowest BCUT2D eigenvalue weighted by Crippen LogP contribution is -2.52. The maximum Gasteiger partial charge on any atom is 0.407 e. The zero-order chi connectivity index (χ0) is 24.8. The van der Waals surface area contributed by atoms with Crippen LogP contribution in [-0.2, 0) is 14.3 Å². The molecular formula is C25H28F2N2O5. The summed E-state index contributed by atoms with van der Waals surface area (Å²) in [6.45, 7) is 3.67.